The number of rotatable bonds is 13. The average molecular weight is 652 g/mol. The van der Waals surface area contributed by atoms with Gasteiger partial charge in [0.05, 0.1) is 43.9 Å². The first-order valence-corrected chi connectivity index (χ1v) is 15.1. The molecular formula is C26H53N9O10. The van der Waals surface area contributed by atoms with Gasteiger partial charge < -0.3 is 89.5 Å². The van der Waals surface area contributed by atoms with Crippen LogP contribution in [0.4, 0.5) is 0 Å². The molecular weight excluding hydrogens is 598 g/mol. The quantitative estimate of drug-likeness (QED) is 0.0649. The van der Waals surface area contributed by atoms with Gasteiger partial charge in [-0.2, -0.15) is 0 Å². The van der Waals surface area contributed by atoms with Crippen molar-refractivity contribution in [3.8, 4) is 0 Å². The minimum Gasteiger partial charge on any atom is -0.388 e. The fraction of sp³-hybridized carbons (Fsp3) is 0.923. The number of aliphatic hydroxyl groups is 5. The Morgan fingerprint density at radius 3 is 2.38 bits per heavy atom. The Morgan fingerprint density at radius 2 is 1.76 bits per heavy atom. The number of aliphatic imine (C=N–C) groups is 1. The van der Waals surface area contributed by atoms with E-state index in [2.05, 4.69) is 15.6 Å². The van der Waals surface area contributed by atoms with E-state index in [9.17, 15) is 30.3 Å². The molecule has 19 nitrogen and oxygen atoms in total. The van der Waals surface area contributed by atoms with Crippen molar-refractivity contribution in [3.63, 3.8) is 0 Å². The first kappa shape index (κ1) is 37.8. The van der Waals surface area contributed by atoms with Crippen molar-refractivity contribution in [1.82, 2.24) is 10.6 Å². The number of nitrogens with zero attached hydrogens (tertiary/aromatic N) is 1. The maximum Gasteiger partial charge on any atom is 0.251 e. The predicted octanol–water partition coefficient (Wildman–Crippen LogP) is -7.45. The van der Waals surface area contributed by atoms with Gasteiger partial charge in [-0.3, -0.25) is 9.79 Å². The summed E-state index contributed by atoms with van der Waals surface area (Å²) in [7, 11) is 1.54. The molecule has 262 valence electrons. The van der Waals surface area contributed by atoms with Crippen LogP contribution in [0.1, 0.15) is 26.2 Å². The Hall–Kier alpha value is -1.66. The minimum atomic E-state index is -1.96. The molecule has 0 aromatic carbocycles. The molecule has 2 saturated heterocycles. The number of amides is 1. The molecule has 15 atom stereocenters. The molecule has 19 heteroatoms. The number of aliphatic hydroxyl groups excluding tert-OH is 4. The number of carbonyl (C=O) groups excluding carboxylic acids is 1. The van der Waals surface area contributed by atoms with E-state index in [1.165, 1.54) is 6.92 Å². The second-order valence-corrected chi connectivity index (χ2v) is 12.2. The second-order valence-electron chi connectivity index (χ2n) is 12.2. The van der Waals surface area contributed by atoms with Crippen LogP contribution in [0.5, 0.6) is 0 Å². The largest absolute Gasteiger partial charge is 0.388 e. The summed E-state index contributed by atoms with van der Waals surface area (Å²) in [5.41, 5.74) is 33.6. The molecule has 0 radical (unpaired) electrons. The highest BCUT2D eigenvalue weighted by Gasteiger charge is 2.52. The van der Waals surface area contributed by atoms with E-state index in [1.54, 1.807) is 7.05 Å². The number of amidine groups is 1. The Bertz CT molecular complexity index is 983. The van der Waals surface area contributed by atoms with Crippen molar-refractivity contribution in [3.05, 3.63) is 0 Å². The Labute approximate surface area is 261 Å². The number of nitrogens with two attached hydrogens (primary N) is 6. The number of likely N-dealkylation sites (N-methyl/N-ethyl adjacent to an activating group) is 1. The SMILES string of the molecule is CNC1C(O)C(OC2C(NC(=O)C(O)C(O)C(N)CN)CC(N)C(OC3OC(CN=C(N)CN)CCC3N)C2O)OCC1(C)O. The van der Waals surface area contributed by atoms with Crippen molar-refractivity contribution in [2.24, 2.45) is 39.4 Å². The number of hydrogen-bond donors (Lipinski definition) is 13. The summed E-state index contributed by atoms with van der Waals surface area (Å²) >= 11 is 0. The van der Waals surface area contributed by atoms with Crippen LogP contribution in [-0.4, -0.2) is 162 Å². The summed E-state index contributed by atoms with van der Waals surface area (Å²) in [5, 5.41) is 59.3. The van der Waals surface area contributed by atoms with Crippen LogP contribution in [0, 0.1) is 0 Å². The van der Waals surface area contributed by atoms with Crippen LogP contribution in [-0.2, 0) is 23.7 Å². The first-order chi connectivity index (χ1) is 21.1. The summed E-state index contributed by atoms with van der Waals surface area (Å²) in [6, 6.07) is -4.53. The van der Waals surface area contributed by atoms with Crippen molar-refractivity contribution >= 4 is 11.7 Å². The van der Waals surface area contributed by atoms with Crippen LogP contribution >= 0.6 is 0 Å². The van der Waals surface area contributed by atoms with Gasteiger partial charge >= 0.3 is 0 Å². The zero-order chi connectivity index (χ0) is 33.6. The molecule has 0 spiro atoms. The molecule has 0 bridgehead atoms. The molecule has 2 heterocycles. The van der Waals surface area contributed by atoms with Gasteiger partial charge in [-0.15, -0.1) is 0 Å². The molecule has 45 heavy (non-hydrogen) atoms. The zero-order valence-corrected chi connectivity index (χ0v) is 25.7. The van der Waals surface area contributed by atoms with E-state index in [0.29, 0.717) is 12.8 Å². The molecule has 3 fully saturated rings. The molecule has 3 aliphatic rings. The molecule has 0 aromatic rings. The predicted molar refractivity (Wildman–Crippen MR) is 160 cm³/mol. The molecule has 15 unspecified atom stereocenters. The number of hydrogen-bond acceptors (Lipinski definition) is 17. The lowest BCUT2D eigenvalue weighted by molar-refractivity contribution is -0.307. The molecule has 3 rings (SSSR count). The lowest BCUT2D eigenvalue weighted by atomic mass is 9.83. The highest BCUT2D eigenvalue weighted by Crippen LogP contribution is 2.32. The van der Waals surface area contributed by atoms with Crippen molar-refractivity contribution < 1.29 is 49.3 Å². The summed E-state index contributed by atoms with van der Waals surface area (Å²) < 4.78 is 23.8. The number of nitrogens with one attached hydrogen (secondary N) is 2. The molecule has 0 aromatic heterocycles. The van der Waals surface area contributed by atoms with Gasteiger partial charge in [-0.25, -0.2) is 0 Å². The monoisotopic (exact) mass is 651 g/mol. The van der Waals surface area contributed by atoms with E-state index in [4.69, 9.17) is 53.3 Å². The standard InChI is InChI=1S/C26H53N9O10/c1-26(41)9-42-25(19(39)22(26)33-2)45-21-14(35-23(40)17(37)16(36)13(31)6-27)5-12(30)20(18(21)38)44-24-11(29)4-3-10(43-24)8-34-15(32)7-28/h10-14,16-22,24-25,33,36-39,41H,3-9,27-31H2,1-2H3,(H2,32,34)(H,35,40). The minimum absolute atomic E-state index is 0.0530. The summed E-state index contributed by atoms with van der Waals surface area (Å²) in [6.07, 6.45) is -10.8. The van der Waals surface area contributed by atoms with Crippen LogP contribution in [0.2, 0.25) is 0 Å². The summed E-state index contributed by atoms with van der Waals surface area (Å²) in [6.45, 7) is 1.37. The summed E-state index contributed by atoms with van der Waals surface area (Å²) in [5.74, 6) is -0.761. The fourth-order valence-electron chi connectivity index (χ4n) is 5.83. The van der Waals surface area contributed by atoms with E-state index in [0.717, 1.165) is 0 Å². The van der Waals surface area contributed by atoms with E-state index >= 15 is 0 Å². The zero-order valence-electron chi connectivity index (χ0n) is 25.7. The van der Waals surface area contributed by atoms with E-state index in [1.807, 2.05) is 0 Å². The topological polar surface area (TPSA) is 348 Å². The average Bonchev–Trinajstić information content (AvgIpc) is 3.00. The van der Waals surface area contributed by atoms with Gasteiger partial charge in [-0.05, 0) is 33.2 Å². The van der Waals surface area contributed by atoms with Gasteiger partial charge in [0.2, 0.25) is 0 Å². The molecule has 2 aliphatic heterocycles. The van der Waals surface area contributed by atoms with Gasteiger partial charge in [0.1, 0.15) is 42.0 Å². The maximum absolute atomic E-state index is 13.0. The normalized spacial score (nSPS) is 41.7. The fourth-order valence-corrected chi connectivity index (χ4v) is 5.83. The van der Waals surface area contributed by atoms with Gasteiger partial charge in [-0.1, -0.05) is 0 Å². The van der Waals surface area contributed by atoms with E-state index < -0.39 is 90.9 Å². The summed E-state index contributed by atoms with van der Waals surface area (Å²) in [4.78, 5) is 17.2. The third kappa shape index (κ3) is 9.24. The highest BCUT2D eigenvalue weighted by molar-refractivity contribution is 5.82. The van der Waals surface area contributed by atoms with Crippen molar-refractivity contribution in [2.75, 3.05) is 33.3 Å². The molecule has 1 amide bonds. The maximum atomic E-state index is 13.0. The number of carbonyl (C=O) groups is 1. The molecule has 1 saturated carbocycles. The van der Waals surface area contributed by atoms with Crippen LogP contribution in [0.3, 0.4) is 0 Å². The van der Waals surface area contributed by atoms with Crippen LogP contribution in [0.25, 0.3) is 0 Å². The lowest BCUT2D eigenvalue weighted by Gasteiger charge is -2.49. The van der Waals surface area contributed by atoms with Crippen LogP contribution in [0.15, 0.2) is 4.99 Å². The van der Waals surface area contributed by atoms with Gasteiger partial charge in [0.25, 0.3) is 5.91 Å². The lowest BCUT2D eigenvalue weighted by Crippen LogP contribution is -2.70. The Kier molecular flexibility index (Phi) is 13.8. The second kappa shape index (κ2) is 16.4. The Balaban J connectivity index is 1.83. The van der Waals surface area contributed by atoms with E-state index in [-0.39, 0.29) is 44.6 Å². The number of ether oxygens (including phenoxy) is 4. The molecule has 19 N–H and O–H groups in total. The van der Waals surface area contributed by atoms with Gasteiger partial charge in [0, 0.05) is 18.6 Å². The molecule has 1 aliphatic carbocycles. The van der Waals surface area contributed by atoms with Crippen molar-refractivity contribution in [2.45, 2.75) is 117 Å². The third-order valence-corrected chi connectivity index (χ3v) is 8.58. The first-order valence-electron chi connectivity index (χ1n) is 15.1. The highest BCUT2D eigenvalue weighted by atomic mass is 16.7. The van der Waals surface area contributed by atoms with Gasteiger partial charge in [0.15, 0.2) is 18.7 Å². The third-order valence-electron chi connectivity index (χ3n) is 8.58. The smallest absolute Gasteiger partial charge is 0.251 e. The Morgan fingerprint density at radius 1 is 1.09 bits per heavy atom. The van der Waals surface area contributed by atoms with Crippen LogP contribution < -0.4 is 45.0 Å². The van der Waals surface area contributed by atoms with Crippen molar-refractivity contribution in [1.29, 1.82) is 0 Å².